The van der Waals surface area contributed by atoms with E-state index < -0.39 is 0 Å². The van der Waals surface area contributed by atoms with Gasteiger partial charge in [0.05, 0.1) is 22.3 Å². The lowest BCUT2D eigenvalue weighted by Gasteiger charge is -2.16. The highest BCUT2D eigenvalue weighted by molar-refractivity contribution is 6.36. The van der Waals surface area contributed by atoms with Crippen LogP contribution in [-0.2, 0) is 13.2 Å². The van der Waals surface area contributed by atoms with E-state index in [1.807, 2.05) is 49.4 Å². The average molecular weight is 471 g/mol. The molecule has 0 atom stereocenters. The van der Waals surface area contributed by atoms with Crippen LogP contribution in [-0.4, -0.2) is 6.61 Å². The predicted molar refractivity (Wildman–Crippen MR) is 122 cm³/mol. The van der Waals surface area contributed by atoms with Crippen molar-refractivity contribution in [2.24, 2.45) is 0 Å². The Morgan fingerprint density at radius 2 is 1.59 bits per heavy atom. The Morgan fingerprint density at radius 3 is 2.31 bits per heavy atom. The van der Waals surface area contributed by atoms with E-state index in [1.165, 1.54) is 0 Å². The second-order valence-corrected chi connectivity index (χ2v) is 7.92. The molecule has 1 N–H and O–H groups in total. The second kappa shape index (κ2) is 10.3. The van der Waals surface area contributed by atoms with Gasteiger partial charge in [-0.3, -0.25) is 0 Å². The molecule has 0 unspecified atom stereocenters. The van der Waals surface area contributed by atoms with Crippen LogP contribution < -0.4 is 14.8 Å². The number of benzene rings is 3. The molecular weight excluding hydrogens is 452 g/mol. The predicted octanol–water partition coefficient (Wildman–Crippen LogP) is 7.89. The van der Waals surface area contributed by atoms with Crippen LogP contribution in [0.3, 0.4) is 0 Å². The van der Waals surface area contributed by atoms with Gasteiger partial charge in [0.25, 0.3) is 0 Å². The van der Waals surface area contributed by atoms with Crippen LogP contribution in [0.15, 0.2) is 54.6 Å². The first-order chi connectivity index (χ1) is 14.0. The Labute approximate surface area is 190 Å². The molecular formula is C22H19Cl4NO2. The molecule has 29 heavy (non-hydrogen) atoms. The topological polar surface area (TPSA) is 30.5 Å². The summed E-state index contributed by atoms with van der Waals surface area (Å²) in [6.45, 7) is 3.24. The van der Waals surface area contributed by atoms with Gasteiger partial charge in [0.1, 0.15) is 6.61 Å². The van der Waals surface area contributed by atoms with Crippen LogP contribution >= 0.6 is 46.4 Å². The van der Waals surface area contributed by atoms with E-state index in [0.29, 0.717) is 51.3 Å². The van der Waals surface area contributed by atoms with Crippen LogP contribution in [0.2, 0.25) is 20.1 Å². The number of hydrogen-bond acceptors (Lipinski definition) is 3. The summed E-state index contributed by atoms with van der Waals surface area (Å²) in [7, 11) is 0. The van der Waals surface area contributed by atoms with Crippen molar-refractivity contribution in [3.8, 4) is 11.5 Å². The molecule has 3 aromatic rings. The lowest BCUT2D eigenvalue weighted by molar-refractivity contribution is 0.269. The van der Waals surface area contributed by atoms with E-state index in [1.54, 1.807) is 12.1 Å². The van der Waals surface area contributed by atoms with Gasteiger partial charge >= 0.3 is 0 Å². The second-order valence-electron chi connectivity index (χ2n) is 6.23. The van der Waals surface area contributed by atoms with Crippen molar-refractivity contribution in [2.75, 3.05) is 11.9 Å². The van der Waals surface area contributed by atoms with E-state index in [2.05, 4.69) is 5.32 Å². The zero-order chi connectivity index (χ0) is 20.8. The van der Waals surface area contributed by atoms with Crippen LogP contribution in [0.5, 0.6) is 11.5 Å². The fourth-order valence-corrected chi connectivity index (χ4v) is 3.71. The Morgan fingerprint density at radius 1 is 0.793 bits per heavy atom. The van der Waals surface area contributed by atoms with E-state index in [4.69, 9.17) is 55.9 Å². The highest BCUT2D eigenvalue weighted by Gasteiger charge is 2.13. The van der Waals surface area contributed by atoms with E-state index in [-0.39, 0.29) is 0 Å². The normalized spacial score (nSPS) is 10.7. The van der Waals surface area contributed by atoms with Crippen molar-refractivity contribution < 1.29 is 9.47 Å². The molecule has 0 aliphatic rings. The summed E-state index contributed by atoms with van der Waals surface area (Å²) in [5, 5.41) is 5.54. The minimum atomic E-state index is 0.332. The van der Waals surface area contributed by atoms with Gasteiger partial charge in [-0.2, -0.15) is 0 Å². The van der Waals surface area contributed by atoms with E-state index >= 15 is 0 Å². The van der Waals surface area contributed by atoms with E-state index in [0.717, 1.165) is 16.8 Å². The Bertz CT molecular complexity index is 995. The summed E-state index contributed by atoms with van der Waals surface area (Å²) >= 11 is 24.7. The van der Waals surface area contributed by atoms with Crippen LogP contribution in [0.25, 0.3) is 0 Å². The fraction of sp³-hybridized carbons (Fsp3) is 0.182. The first kappa shape index (κ1) is 21.9. The largest absolute Gasteiger partial charge is 0.490 e. The summed E-state index contributed by atoms with van der Waals surface area (Å²) in [5.74, 6) is 1.09. The molecule has 0 spiro atoms. The minimum Gasteiger partial charge on any atom is -0.490 e. The molecule has 0 radical (unpaired) electrons. The standard InChI is InChI=1S/C22H19Cl4NO2/c1-2-28-21-10-15(12-27-20-7-6-17(24)11-18(20)25)9-19(26)22(21)29-13-14-4-3-5-16(23)8-14/h3-11,27H,2,12-13H2,1H3. The molecule has 152 valence electrons. The van der Waals surface area contributed by atoms with Crippen LogP contribution in [0.1, 0.15) is 18.1 Å². The number of hydrogen-bond donors (Lipinski definition) is 1. The molecule has 0 aromatic heterocycles. The SMILES string of the molecule is CCOc1cc(CNc2ccc(Cl)cc2Cl)cc(Cl)c1OCc1cccc(Cl)c1. The highest BCUT2D eigenvalue weighted by atomic mass is 35.5. The third kappa shape index (κ3) is 6.10. The summed E-state index contributed by atoms with van der Waals surface area (Å²) in [6, 6.07) is 16.5. The molecule has 0 aliphatic heterocycles. The number of halogens is 4. The van der Waals surface area contributed by atoms with Gasteiger partial charge in [-0.1, -0.05) is 58.5 Å². The Hall–Kier alpha value is -1.78. The van der Waals surface area contributed by atoms with Crippen molar-refractivity contribution in [1.82, 2.24) is 0 Å². The number of nitrogens with one attached hydrogen (secondary N) is 1. The number of ether oxygens (including phenoxy) is 2. The molecule has 0 fully saturated rings. The van der Waals surface area contributed by atoms with Gasteiger partial charge in [0.2, 0.25) is 0 Å². The van der Waals surface area contributed by atoms with Crippen molar-refractivity contribution in [3.05, 3.63) is 85.8 Å². The zero-order valence-corrected chi connectivity index (χ0v) is 18.7. The maximum atomic E-state index is 6.50. The summed E-state index contributed by atoms with van der Waals surface area (Å²) in [6.07, 6.45) is 0. The molecule has 7 heteroatoms. The van der Waals surface area contributed by atoms with Gasteiger partial charge in [-0.25, -0.2) is 0 Å². The quantitative estimate of drug-likeness (QED) is 0.363. The fourth-order valence-electron chi connectivity index (χ4n) is 2.74. The van der Waals surface area contributed by atoms with Crippen molar-refractivity contribution in [1.29, 1.82) is 0 Å². The summed E-state index contributed by atoms with van der Waals surface area (Å²) in [4.78, 5) is 0. The van der Waals surface area contributed by atoms with Crippen LogP contribution in [0, 0.1) is 0 Å². The molecule has 0 heterocycles. The maximum Gasteiger partial charge on any atom is 0.180 e. The van der Waals surface area contributed by atoms with Crippen molar-refractivity contribution >= 4 is 52.1 Å². The van der Waals surface area contributed by atoms with Gasteiger partial charge in [-0.05, 0) is 60.5 Å². The summed E-state index contributed by atoms with van der Waals surface area (Å²) in [5.41, 5.74) is 2.66. The molecule has 0 aliphatic carbocycles. The van der Waals surface area contributed by atoms with Crippen LogP contribution in [0.4, 0.5) is 5.69 Å². The first-order valence-corrected chi connectivity index (χ1v) is 10.5. The van der Waals surface area contributed by atoms with Gasteiger partial charge < -0.3 is 14.8 Å². The lowest BCUT2D eigenvalue weighted by Crippen LogP contribution is -2.04. The molecule has 0 saturated carbocycles. The average Bonchev–Trinajstić information content (AvgIpc) is 2.67. The highest BCUT2D eigenvalue weighted by Crippen LogP contribution is 2.38. The van der Waals surface area contributed by atoms with E-state index in [9.17, 15) is 0 Å². The van der Waals surface area contributed by atoms with Gasteiger partial charge in [0, 0.05) is 16.6 Å². The molecule has 0 amide bonds. The Balaban J connectivity index is 1.76. The minimum absolute atomic E-state index is 0.332. The lowest BCUT2D eigenvalue weighted by atomic mass is 10.2. The van der Waals surface area contributed by atoms with Crippen molar-refractivity contribution in [3.63, 3.8) is 0 Å². The summed E-state index contributed by atoms with van der Waals surface area (Å²) < 4.78 is 11.7. The monoisotopic (exact) mass is 469 g/mol. The Kier molecular flexibility index (Phi) is 7.79. The molecule has 3 nitrogen and oxygen atoms in total. The molecule has 0 bridgehead atoms. The van der Waals surface area contributed by atoms with Crippen molar-refractivity contribution in [2.45, 2.75) is 20.1 Å². The number of anilines is 1. The zero-order valence-electron chi connectivity index (χ0n) is 15.6. The number of rotatable bonds is 8. The molecule has 3 rings (SSSR count). The smallest absolute Gasteiger partial charge is 0.180 e. The third-order valence-electron chi connectivity index (χ3n) is 4.06. The molecule has 3 aromatic carbocycles. The molecule has 0 saturated heterocycles. The maximum absolute atomic E-state index is 6.50. The first-order valence-electron chi connectivity index (χ1n) is 8.97. The third-order valence-corrected chi connectivity index (χ3v) is 5.12. The van der Waals surface area contributed by atoms with Gasteiger partial charge in [0.15, 0.2) is 11.5 Å². The van der Waals surface area contributed by atoms with Gasteiger partial charge in [-0.15, -0.1) is 0 Å².